The zero-order chi connectivity index (χ0) is 24.8. The van der Waals surface area contributed by atoms with Crippen molar-refractivity contribution in [1.29, 1.82) is 0 Å². The van der Waals surface area contributed by atoms with Crippen LogP contribution in [0.1, 0.15) is 37.5 Å². The number of carbonyl (C=O) groups excluding carboxylic acids is 3. The molecule has 1 fully saturated rings. The van der Waals surface area contributed by atoms with E-state index < -0.39 is 29.4 Å². The van der Waals surface area contributed by atoms with Crippen LogP contribution >= 0.6 is 11.8 Å². The van der Waals surface area contributed by atoms with Gasteiger partial charge in [-0.3, -0.25) is 19.3 Å². The molecule has 4 rings (SSSR count). The van der Waals surface area contributed by atoms with E-state index in [0.29, 0.717) is 0 Å². The van der Waals surface area contributed by atoms with Gasteiger partial charge in [-0.15, -0.1) is 0 Å². The summed E-state index contributed by atoms with van der Waals surface area (Å²) in [7, 11) is 2.05. The number of halogens is 1. The molecule has 2 aliphatic heterocycles. The van der Waals surface area contributed by atoms with Gasteiger partial charge >= 0.3 is 0 Å². The number of hydrogen-bond acceptors (Lipinski definition) is 5. The fraction of sp³-hybridized carbons (Fsp3) is 0.269. The van der Waals surface area contributed by atoms with Gasteiger partial charge in [0.1, 0.15) is 12.4 Å². The minimum absolute atomic E-state index is 0.00346. The van der Waals surface area contributed by atoms with Crippen molar-refractivity contribution in [2.75, 3.05) is 23.8 Å². The van der Waals surface area contributed by atoms with Crippen molar-refractivity contribution in [2.45, 2.75) is 33.2 Å². The van der Waals surface area contributed by atoms with E-state index in [2.05, 4.69) is 50.2 Å². The zero-order valence-electron chi connectivity index (χ0n) is 19.7. The number of anilines is 2. The van der Waals surface area contributed by atoms with Crippen molar-refractivity contribution in [3.05, 3.63) is 69.9 Å². The Balaban J connectivity index is 1.56. The lowest BCUT2D eigenvalue weighted by Gasteiger charge is -2.41. The number of allylic oxidation sites excluding steroid dienone is 1. The Hall–Kier alpha value is -3.39. The van der Waals surface area contributed by atoms with Crippen molar-refractivity contribution < 1.29 is 18.8 Å². The molecular formula is C26H26FN3O3S. The van der Waals surface area contributed by atoms with Crippen LogP contribution in [-0.4, -0.2) is 41.1 Å². The molecule has 0 unspecified atom stereocenters. The van der Waals surface area contributed by atoms with Crippen molar-refractivity contribution in [1.82, 2.24) is 4.90 Å². The highest BCUT2D eigenvalue weighted by molar-refractivity contribution is 8.18. The number of aryl methyl sites for hydroxylation is 1. The molecule has 2 heterocycles. The summed E-state index contributed by atoms with van der Waals surface area (Å²) in [6, 6.07) is 9.83. The first-order chi connectivity index (χ1) is 16.0. The number of hydrogen-bond donors (Lipinski definition) is 1. The molecule has 34 heavy (non-hydrogen) atoms. The smallest absolute Gasteiger partial charge is 0.294 e. The lowest BCUT2D eigenvalue weighted by atomic mass is 9.87. The summed E-state index contributed by atoms with van der Waals surface area (Å²) in [4.78, 5) is 41.1. The van der Waals surface area contributed by atoms with Crippen LogP contribution in [-0.2, 0) is 9.59 Å². The monoisotopic (exact) mass is 479 g/mol. The van der Waals surface area contributed by atoms with E-state index >= 15 is 0 Å². The molecule has 1 saturated heterocycles. The molecule has 2 aliphatic rings. The van der Waals surface area contributed by atoms with Crippen molar-refractivity contribution in [3.63, 3.8) is 0 Å². The van der Waals surface area contributed by atoms with E-state index in [0.717, 1.165) is 44.6 Å². The molecule has 0 saturated carbocycles. The van der Waals surface area contributed by atoms with Gasteiger partial charge in [0.2, 0.25) is 5.91 Å². The summed E-state index contributed by atoms with van der Waals surface area (Å²) < 4.78 is 13.8. The first-order valence-electron chi connectivity index (χ1n) is 10.9. The Morgan fingerprint density at radius 2 is 1.88 bits per heavy atom. The van der Waals surface area contributed by atoms with Gasteiger partial charge in [-0.2, -0.15) is 0 Å². The quantitative estimate of drug-likeness (QED) is 0.592. The summed E-state index contributed by atoms with van der Waals surface area (Å²) in [5.74, 6) is -1.78. The van der Waals surface area contributed by atoms with Crippen LogP contribution in [0.25, 0.3) is 11.6 Å². The number of rotatable bonds is 4. The topological polar surface area (TPSA) is 69.7 Å². The van der Waals surface area contributed by atoms with Gasteiger partial charge in [0.15, 0.2) is 0 Å². The average Bonchev–Trinajstić information content (AvgIpc) is 3.02. The number of benzene rings is 2. The predicted octanol–water partition coefficient (Wildman–Crippen LogP) is 5.44. The molecule has 3 amide bonds. The maximum atomic E-state index is 13.8. The van der Waals surface area contributed by atoms with Gasteiger partial charge in [0.05, 0.1) is 16.1 Å². The molecule has 2 aromatic carbocycles. The molecule has 0 radical (unpaired) electrons. The number of carbonyl (C=O) groups is 3. The number of amides is 3. The molecule has 176 valence electrons. The molecule has 8 heteroatoms. The largest absolute Gasteiger partial charge is 0.365 e. The summed E-state index contributed by atoms with van der Waals surface area (Å²) in [6.45, 7) is 7.85. The Morgan fingerprint density at radius 3 is 2.59 bits per heavy atom. The number of likely N-dealkylation sites (N-methyl/N-ethyl adjacent to an activating group) is 1. The molecule has 0 bridgehead atoms. The highest BCUT2D eigenvalue weighted by Gasteiger charge is 2.37. The summed E-state index contributed by atoms with van der Waals surface area (Å²) in [5.41, 5.74) is 5.01. The number of thioether (sulfide) groups is 1. The second-order valence-electron chi connectivity index (χ2n) is 9.06. The third-order valence-corrected chi connectivity index (χ3v) is 7.12. The SMILES string of the molecule is CC1=CC(C)(C)N(C)c2cc(C)c(/C=C3\SC(=O)N(CC(=O)Nc4ccccc4F)C3=O)cc21. The van der Waals surface area contributed by atoms with Crippen molar-refractivity contribution in [3.8, 4) is 0 Å². The standard InChI is InChI=1S/C26H26FN3O3S/c1-15-10-21-18(16(2)13-26(3,4)29(21)5)11-17(15)12-22-24(32)30(25(33)34-22)14-23(31)28-20-9-7-6-8-19(20)27/h6-13H,14H2,1-5H3,(H,28,31)/b22-12-. The van der Waals surface area contributed by atoms with Crippen LogP contribution in [0.3, 0.4) is 0 Å². The van der Waals surface area contributed by atoms with Gasteiger partial charge in [0.25, 0.3) is 11.1 Å². The van der Waals surface area contributed by atoms with E-state index in [4.69, 9.17) is 0 Å². The van der Waals surface area contributed by atoms with E-state index in [9.17, 15) is 18.8 Å². The fourth-order valence-electron chi connectivity index (χ4n) is 4.15. The first-order valence-corrected chi connectivity index (χ1v) is 11.7. The van der Waals surface area contributed by atoms with Crippen LogP contribution in [0.15, 0.2) is 47.4 Å². The number of nitrogens with zero attached hydrogens (tertiary/aromatic N) is 2. The Bertz CT molecular complexity index is 1280. The van der Waals surface area contributed by atoms with E-state index in [1.807, 2.05) is 13.0 Å². The predicted molar refractivity (Wildman–Crippen MR) is 135 cm³/mol. The van der Waals surface area contributed by atoms with E-state index in [1.165, 1.54) is 18.2 Å². The summed E-state index contributed by atoms with van der Waals surface area (Å²) >= 11 is 0.795. The average molecular weight is 480 g/mol. The maximum Gasteiger partial charge on any atom is 0.294 e. The molecule has 6 nitrogen and oxygen atoms in total. The number of fused-ring (bicyclic) bond motifs is 1. The zero-order valence-corrected chi connectivity index (χ0v) is 20.5. The lowest BCUT2D eigenvalue weighted by Crippen LogP contribution is -2.42. The van der Waals surface area contributed by atoms with Crippen LogP contribution in [0.4, 0.5) is 20.6 Å². The number of para-hydroxylation sites is 1. The maximum absolute atomic E-state index is 13.8. The fourth-order valence-corrected chi connectivity index (χ4v) is 4.98. The van der Waals surface area contributed by atoms with Gasteiger partial charge in [-0.05, 0) is 86.5 Å². The van der Waals surface area contributed by atoms with Gasteiger partial charge in [0, 0.05) is 18.3 Å². The Kier molecular flexibility index (Phi) is 6.12. The minimum Gasteiger partial charge on any atom is -0.365 e. The highest BCUT2D eigenvalue weighted by atomic mass is 32.2. The molecule has 0 spiro atoms. The number of imide groups is 1. The van der Waals surface area contributed by atoms with Crippen molar-refractivity contribution in [2.24, 2.45) is 0 Å². The van der Waals surface area contributed by atoms with Gasteiger partial charge in [-0.25, -0.2) is 4.39 Å². The lowest BCUT2D eigenvalue weighted by molar-refractivity contribution is -0.127. The summed E-state index contributed by atoms with van der Waals surface area (Å²) in [5, 5.41) is 1.87. The van der Waals surface area contributed by atoms with Crippen molar-refractivity contribution >= 4 is 51.8 Å². The third kappa shape index (κ3) is 4.37. The molecule has 0 atom stereocenters. The first kappa shape index (κ1) is 23.8. The second kappa shape index (κ2) is 8.76. The minimum atomic E-state index is -0.648. The Morgan fingerprint density at radius 1 is 1.18 bits per heavy atom. The van der Waals surface area contributed by atoms with E-state index in [-0.39, 0.29) is 16.1 Å². The van der Waals surface area contributed by atoms with Crippen LogP contribution in [0.5, 0.6) is 0 Å². The molecule has 2 aromatic rings. The molecule has 0 aliphatic carbocycles. The molecule has 0 aromatic heterocycles. The Labute approximate surface area is 202 Å². The summed E-state index contributed by atoms with van der Waals surface area (Å²) in [6.07, 6.45) is 3.90. The molecular weight excluding hydrogens is 453 g/mol. The highest BCUT2D eigenvalue weighted by Crippen LogP contribution is 2.40. The number of nitrogens with one attached hydrogen (secondary N) is 1. The van der Waals surface area contributed by atoms with Crippen LogP contribution in [0.2, 0.25) is 0 Å². The van der Waals surface area contributed by atoms with Crippen LogP contribution in [0, 0.1) is 12.7 Å². The van der Waals surface area contributed by atoms with Gasteiger partial charge < -0.3 is 10.2 Å². The van der Waals surface area contributed by atoms with Crippen LogP contribution < -0.4 is 10.2 Å². The van der Waals surface area contributed by atoms with E-state index in [1.54, 1.807) is 12.1 Å². The van der Waals surface area contributed by atoms with Gasteiger partial charge in [-0.1, -0.05) is 18.2 Å². The normalized spacial score (nSPS) is 18.3. The second-order valence-corrected chi connectivity index (χ2v) is 10.1. The third-order valence-electron chi connectivity index (χ3n) is 6.21. The molecule has 1 N–H and O–H groups in total.